The molecule has 0 atom stereocenters. The molecule has 1 aliphatic heterocycles. The van der Waals surface area contributed by atoms with Crippen LogP contribution in [0.4, 0.5) is 0 Å². The maximum atomic E-state index is 12.2. The van der Waals surface area contributed by atoms with Gasteiger partial charge in [0.1, 0.15) is 11.3 Å². The van der Waals surface area contributed by atoms with Crippen LogP contribution in [-0.2, 0) is 11.2 Å². The zero-order chi connectivity index (χ0) is 14.8. The molecular formula is C14H16N4O2S. The van der Waals surface area contributed by atoms with Crippen LogP contribution in [0.5, 0.6) is 0 Å². The maximum absolute atomic E-state index is 12.2. The Morgan fingerprint density at radius 3 is 2.76 bits per heavy atom. The van der Waals surface area contributed by atoms with E-state index in [9.17, 15) is 9.59 Å². The zero-order valence-corrected chi connectivity index (χ0v) is 12.3. The third kappa shape index (κ3) is 2.87. The summed E-state index contributed by atoms with van der Waals surface area (Å²) in [5.74, 6) is 1.55. The van der Waals surface area contributed by atoms with Crippen LogP contribution in [0, 0.1) is 0 Å². The number of pyridine rings is 1. The Bertz CT molecular complexity index is 691. The van der Waals surface area contributed by atoms with Gasteiger partial charge in [-0.2, -0.15) is 11.8 Å². The molecule has 110 valence electrons. The Labute approximate surface area is 126 Å². The topological polar surface area (TPSA) is 80.7 Å². The average molecular weight is 304 g/mol. The van der Waals surface area contributed by atoms with Crippen LogP contribution in [0.25, 0.3) is 5.65 Å². The number of nitrogens with zero attached hydrogens (tertiary/aromatic N) is 3. The number of hydrogen-bond donors (Lipinski definition) is 1. The first-order valence-electron chi connectivity index (χ1n) is 6.77. The fourth-order valence-electron chi connectivity index (χ4n) is 2.43. The summed E-state index contributed by atoms with van der Waals surface area (Å²) in [6, 6.07) is 5.16. The Balaban J connectivity index is 1.83. The van der Waals surface area contributed by atoms with Gasteiger partial charge in [0.05, 0.1) is 12.1 Å². The van der Waals surface area contributed by atoms with Gasteiger partial charge in [-0.15, -0.1) is 0 Å². The fraction of sp³-hybridized carbons (Fsp3) is 0.357. The van der Waals surface area contributed by atoms with Gasteiger partial charge < -0.3 is 10.6 Å². The fourth-order valence-corrected chi connectivity index (χ4v) is 3.33. The lowest BCUT2D eigenvalue weighted by atomic mass is 10.3. The summed E-state index contributed by atoms with van der Waals surface area (Å²) >= 11 is 1.87. The van der Waals surface area contributed by atoms with Gasteiger partial charge in [-0.3, -0.25) is 14.0 Å². The standard InChI is InChI=1S/C14H16N4O2S/c15-14(20)11-2-1-3-12-16-10(9-18(11)12)8-13(19)17-4-6-21-7-5-17/h1-3,9H,4-8H2,(H2,15,20). The first-order chi connectivity index (χ1) is 10.1. The van der Waals surface area contributed by atoms with Crippen molar-refractivity contribution >= 4 is 29.2 Å². The molecule has 1 saturated heterocycles. The number of carbonyl (C=O) groups excluding carboxylic acids is 2. The second-order valence-corrected chi connectivity index (χ2v) is 6.13. The Morgan fingerprint density at radius 1 is 1.29 bits per heavy atom. The summed E-state index contributed by atoms with van der Waals surface area (Å²) in [6.07, 6.45) is 1.97. The van der Waals surface area contributed by atoms with Crippen LogP contribution < -0.4 is 5.73 Å². The van der Waals surface area contributed by atoms with Crippen LogP contribution >= 0.6 is 11.8 Å². The molecule has 1 fully saturated rings. The summed E-state index contributed by atoms with van der Waals surface area (Å²) < 4.78 is 1.64. The highest BCUT2D eigenvalue weighted by atomic mass is 32.2. The predicted octanol–water partition coefficient (Wildman–Crippen LogP) is 0.551. The number of thioether (sulfide) groups is 1. The van der Waals surface area contributed by atoms with Crippen molar-refractivity contribution < 1.29 is 9.59 Å². The molecule has 0 bridgehead atoms. The van der Waals surface area contributed by atoms with Crippen molar-refractivity contribution in [1.29, 1.82) is 0 Å². The SMILES string of the molecule is NC(=O)c1cccc2nc(CC(=O)N3CCSCC3)cn12. The van der Waals surface area contributed by atoms with Gasteiger partial charge in [0.25, 0.3) is 5.91 Å². The van der Waals surface area contributed by atoms with Gasteiger partial charge in [-0.05, 0) is 12.1 Å². The van der Waals surface area contributed by atoms with E-state index in [-0.39, 0.29) is 12.3 Å². The molecule has 0 unspecified atom stereocenters. The second kappa shape index (κ2) is 5.77. The highest BCUT2D eigenvalue weighted by molar-refractivity contribution is 7.99. The quantitative estimate of drug-likeness (QED) is 0.898. The normalized spacial score (nSPS) is 15.3. The minimum atomic E-state index is -0.510. The van der Waals surface area contributed by atoms with E-state index < -0.39 is 5.91 Å². The van der Waals surface area contributed by atoms with Gasteiger partial charge in [-0.25, -0.2) is 4.98 Å². The molecular weight excluding hydrogens is 288 g/mol. The number of carbonyl (C=O) groups is 2. The third-order valence-corrected chi connectivity index (χ3v) is 4.43. The monoisotopic (exact) mass is 304 g/mol. The van der Waals surface area contributed by atoms with E-state index in [4.69, 9.17) is 5.73 Å². The smallest absolute Gasteiger partial charge is 0.265 e. The lowest BCUT2D eigenvalue weighted by Gasteiger charge is -2.26. The molecule has 6 nitrogen and oxygen atoms in total. The molecule has 0 aromatic carbocycles. The highest BCUT2D eigenvalue weighted by Gasteiger charge is 2.18. The van der Waals surface area contributed by atoms with E-state index in [1.165, 1.54) is 0 Å². The van der Waals surface area contributed by atoms with Crippen molar-refractivity contribution in [3.63, 3.8) is 0 Å². The molecule has 21 heavy (non-hydrogen) atoms. The zero-order valence-electron chi connectivity index (χ0n) is 11.5. The number of imidazole rings is 1. The lowest BCUT2D eigenvalue weighted by molar-refractivity contribution is -0.130. The molecule has 0 saturated carbocycles. The number of amides is 2. The van der Waals surface area contributed by atoms with Gasteiger partial charge >= 0.3 is 0 Å². The van der Waals surface area contributed by atoms with Crippen molar-refractivity contribution in [3.8, 4) is 0 Å². The maximum Gasteiger partial charge on any atom is 0.265 e. The van der Waals surface area contributed by atoms with Crippen LogP contribution in [0.3, 0.4) is 0 Å². The number of fused-ring (bicyclic) bond motifs is 1. The highest BCUT2D eigenvalue weighted by Crippen LogP contribution is 2.13. The van der Waals surface area contributed by atoms with E-state index >= 15 is 0 Å². The summed E-state index contributed by atoms with van der Waals surface area (Å²) in [4.78, 5) is 29.9. The molecule has 3 rings (SSSR count). The van der Waals surface area contributed by atoms with E-state index in [0.717, 1.165) is 24.6 Å². The van der Waals surface area contributed by atoms with Crippen molar-refractivity contribution in [2.75, 3.05) is 24.6 Å². The summed E-state index contributed by atoms with van der Waals surface area (Å²) in [5, 5.41) is 0. The second-order valence-electron chi connectivity index (χ2n) is 4.91. The molecule has 0 spiro atoms. The number of nitrogens with two attached hydrogens (primary N) is 1. The molecule has 0 radical (unpaired) electrons. The average Bonchev–Trinajstić information content (AvgIpc) is 2.89. The van der Waals surface area contributed by atoms with E-state index in [1.54, 1.807) is 28.8 Å². The molecule has 3 heterocycles. The number of aromatic nitrogens is 2. The molecule has 7 heteroatoms. The van der Waals surface area contributed by atoms with Crippen LogP contribution in [0.1, 0.15) is 16.2 Å². The third-order valence-electron chi connectivity index (χ3n) is 3.49. The largest absolute Gasteiger partial charge is 0.364 e. The number of hydrogen-bond acceptors (Lipinski definition) is 4. The van der Waals surface area contributed by atoms with E-state index in [1.807, 2.05) is 16.7 Å². The van der Waals surface area contributed by atoms with Crippen LogP contribution in [0.15, 0.2) is 24.4 Å². The van der Waals surface area contributed by atoms with Crippen molar-refractivity contribution in [2.24, 2.45) is 5.73 Å². The van der Waals surface area contributed by atoms with Gasteiger partial charge in [-0.1, -0.05) is 6.07 Å². The number of rotatable bonds is 3. The summed E-state index contributed by atoms with van der Waals surface area (Å²) in [7, 11) is 0. The van der Waals surface area contributed by atoms with E-state index in [2.05, 4.69) is 4.98 Å². The molecule has 2 aromatic heterocycles. The first kappa shape index (κ1) is 13.9. The van der Waals surface area contributed by atoms with Crippen molar-refractivity contribution in [2.45, 2.75) is 6.42 Å². The number of primary amides is 1. The van der Waals surface area contributed by atoms with Crippen LogP contribution in [0.2, 0.25) is 0 Å². The molecule has 0 aliphatic carbocycles. The van der Waals surface area contributed by atoms with Crippen molar-refractivity contribution in [1.82, 2.24) is 14.3 Å². The van der Waals surface area contributed by atoms with Gasteiger partial charge in [0.2, 0.25) is 5.91 Å². The minimum absolute atomic E-state index is 0.0827. The van der Waals surface area contributed by atoms with E-state index in [0.29, 0.717) is 17.0 Å². The van der Waals surface area contributed by atoms with Gasteiger partial charge in [0.15, 0.2) is 0 Å². The molecule has 2 N–H and O–H groups in total. The summed E-state index contributed by atoms with van der Waals surface area (Å²) in [5.41, 5.74) is 7.00. The molecule has 2 amide bonds. The molecule has 2 aromatic rings. The molecule has 1 aliphatic rings. The van der Waals surface area contributed by atoms with Crippen LogP contribution in [-0.4, -0.2) is 50.7 Å². The lowest BCUT2D eigenvalue weighted by Crippen LogP contribution is -2.38. The summed E-state index contributed by atoms with van der Waals surface area (Å²) in [6.45, 7) is 1.59. The Morgan fingerprint density at radius 2 is 2.05 bits per heavy atom. The first-order valence-corrected chi connectivity index (χ1v) is 7.93. The predicted molar refractivity (Wildman–Crippen MR) is 81.3 cm³/mol. The minimum Gasteiger partial charge on any atom is -0.364 e. The van der Waals surface area contributed by atoms with Gasteiger partial charge in [0, 0.05) is 30.8 Å². The Hall–Kier alpha value is -2.02. The van der Waals surface area contributed by atoms with Crippen molar-refractivity contribution in [3.05, 3.63) is 35.8 Å². The Kier molecular flexibility index (Phi) is 3.83.